The van der Waals surface area contributed by atoms with Crippen molar-refractivity contribution in [2.45, 2.75) is 45.8 Å². The number of pyridine rings is 1. The number of carbonyl (C=O) groups excluding carboxylic acids is 2. The molecule has 0 unspecified atom stereocenters. The number of benzene rings is 1. The van der Waals surface area contributed by atoms with Crippen molar-refractivity contribution < 1.29 is 18.7 Å². The van der Waals surface area contributed by atoms with Gasteiger partial charge in [-0.1, -0.05) is 26.6 Å². The predicted molar refractivity (Wildman–Crippen MR) is 130 cm³/mol. The number of nitrogens with zero attached hydrogens (tertiary/aromatic N) is 4. The number of aromatic nitrogens is 4. The predicted octanol–water partition coefficient (Wildman–Crippen LogP) is 5.30. The summed E-state index contributed by atoms with van der Waals surface area (Å²) in [6.07, 6.45) is 7.17. The number of fused-ring (bicyclic) bond motifs is 1. The van der Waals surface area contributed by atoms with E-state index in [0.29, 0.717) is 6.73 Å². The van der Waals surface area contributed by atoms with Crippen LogP contribution in [0.15, 0.2) is 55.0 Å². The fourth-order valence-electron chi connectivity index (χ4n) is 3.51. The summed E-state index contributed by atoms with van der Waals surface area (Å²) in [7, 11) is -1.14. The highest BCUT2D eigenvalue weighted by molar-refractivity contribution is 6.76. The maximum Gasteiger partial charge on any atom is 0.373 e. The lowest BCUT2D eigenvalue weighted by Crippen LogP contribution is -2.22. The lowest BCUT2D eigenvalue weighted by Gasteiger charge is -2.15. The zero-order chi connectivity index (χ0) is 24.7. The quantitative estimate of drug-likeness (QED) is 0.253. The Morgan fingerprint density at radius 2 is 1.71 bits per heavy atom. The molecule has 0 aliphatic rings. The molecule has 7 nitrogen and oxygen atoms in total. The number of rotatable bonds is 8. The van der Waals surface area contributed by atoms with Crippen LogP contribution in [0.5, 0.6) is 0 Å². The van der Waals surface area contributed by atoms with Crippen LogP contribution in [-0.2, 0) is 27.5 Å². The molecule has 4 aromatic rings. The van der Waals surface area contributed by atoms with Gasteiger partial charge in [-0.3, -0.25) is 0 Å². The fourth-order valence-corrected chi connectivity index (χ4v) is 4.26. The third-order valence-corrected chi connectivity index (χ3v) is 7.06. The van der Waals surface area contributed by atoms with Crippen LogP contribution in [0.1, 0.15) is 12.6 Å². The first-order valence-electron chi connectivity index (χ1n) is 11.1. The van der Waals surface area contributed by atoms with Crippen LogP contribution in [0.3, 0.4) is 0 Å². The number of halogens is 1. The molecular weight excluding hydrogens is 451 g/mol. The summed E-state index contributed by atoms with van der Waals surface area (Å²) in [5.74, 6) is -0.258. The van der Waals surface area contributed by atoms with Crippen molar-refractivity contribution in [2.75, 3.05) is 6.61 Å². The highest BCUT2D eigenvalue weighted by Gasteiger charge is 2.16. The second kappa shape index (κ2) is 11.2. The van der Waals surface area contributed by atoms with E-state index in [4.69, 9.17) is 19.4 Å². The molecule has 0 aliphatic heterocycles. The van der Waals surface area contributed by atoms with E-state index in [1.54, 1.807) is 12.1 Å². The molecule has 0 N–H and O–H groups in total. The topological polar surface area (TPSA) is 78.5 Å². The molecule has 0 amide bonds. The molecule has 0 bridgehead atoms. The van der Waals surface area contributed by atoms with Crippen molar-refractivity contribution in [3.05, 3.63) is 66.5 Å². The van der Waals surface area contributed by atoms with Crippen molar-refractivity contribution in [3.63, 3.8) is 0 Å². The first-order valence-corrected chi connectivity index (χ1v) is 14.8. The van der Waals surface area contributed by atoms with E-state index in [9.17, 15) is 4.39 Å². The number of aryl methyl sites for hydroxylation is 1. The van der Waals surface area contributed by atoms with E-state index in [2.05, 4.69) is 48.2 Å². The highest BCUT2D eigenvalue weighted by Crippen LogP contribution is 2.31. The first kappa shape index (κ1) is 25.2. The summed E-state index contributed by atoms with van der Waals surface area (Å²) in [4.78, 5) is 20.7. The molecule has 0 atom stereocenters. The van der Waals surface area contributed by atoms with Gasteiger partial charge < -0.3 is 9.14 Å². The molecule has 0 saturated carbocycles. The van der Waals surface area contributed by atoms with Crippen LogP contribution in [0.2, 0.25) is 25.7 Å². The fraction of sp³-hybridized carbons (Fsp3) is 0.320. The average molecular weight is 481 g/mol. The SMILES string of the molecule is CCc1cnc2ccc(-c3cn(COCC[Si](C)(C)C)nc3-c3ccc(F)cc3)cn12.O=C=O. The summed E-state index contributed by atoms with van der Waals surface area (Å²) < 4.78 is 23.4. The van der Waals surface area contributed by atoms with Crippen LogP contribution in [0.25, 0.3) is 28.0 Å². The summed E-state index contributed by atoms with van der Waals surface area (Å²) in [6.45, 7) is 10.3. The van der Waals surface area contributed by atoms with Gasteiger partial charge in [0.25, 0.3) is 0 Å². The van der Waals surface area contributed by atoms with Crippen LogP contribution in [0.4, 0.5) is 4.39 Å². The third kappa shape index (κ3) is 6.35. The highest BCUT2D eigenvalue weighted by atomic mass is 28.3. The van der Waals surface area contributed by atoms with Crippen molar-refractivity contribution >= 4 is 19.9 Å². The summed E-state index contributed by atoms with van der Waals surface area (Å²) >= 11 is 0. The average Bonchev–Trinajstić information content (AvgIpc) is 3.41. The smallest absolute Gasteiger partial charge is 0.360 e. The van der Waals surface area contributed by atoms with Gasteiger partial charge in [-0.2, -0.15) is 14.7 Å². The summed E-state index contributed by atoms with van der Waals surface area (Å²) in [6, 6.07) is 11.7. The number of hydrogen-bond acceptors (Lipinski definition) is 5. The molecule has 1 aromatic carbocycles. The van der Waals surface area contributed by atoms with E-state index in [1.165, 1.54) is 12.1 Å². The standard InChI is InChI=1S/C24H29FN4OSi.CO2/c1-5-21-14-26-23-11-8-19(15-29(21)23)22-16-28(17-30-12-13-31(2,3)4)27-24(22)18-6-9-20(25)10-7-18;2-1-3/h6-11,14-16H,5,12-13,17H2,1-4H3;. The van der Waals surface area contributed by atoms with Gasteiger partial charge in [0.05, 0.1) is 0 Å². The van der Waals surface area contributed by atoms with Gasteiger partial charge in [0, 0.05) is 55.7 Å². The van der Waals surface area contributed by atoms with E-state index < -0.39 is 8.07 Å². The minimum atomic E-state index is -1.14. The minimum absolute atomic E-state index is 0.250. The van der Waals surface area contributed by atoms with Crippen LogP contribution < -0.4 is 0 Å². The Balaban J connectivity index is 0.00000103. The van der Waals surface area contributed by atoms with Crippen molar-refractivity contribution in [1.82, 2.24) is 19.2 Å². The Morgan fingerprint density at radius 3 is 2.35 bits per heavy atom. The van der Waals surface area contributed by atoms with Gasteiger partial charge in [-0.25, -0.2) is 14.1 Å². The Labute approximate surface area is 199 Å². The van der Waals surface area contributed by atoms with Crippen molar-refractivity contribution in [1.29, 1.82) is 0 Å². The van der Waals surface area contributed by atoms with Gasteiger partial charge in [0.1, 0.15) is 23.9 Å². The molecule has 4 rings (SSSR count). The normalized spacial score (nSPS) is 11.2. The monoisotopic (exact) mass is 480 g/mol. The molecular formula is C25H29FN4O3Si. The number of ether oxygens (including phenoxy) is 1. The van der Waals surface area contributed by atoms with Gasteiger partial charge in [0.2, 0.25) is 0 Å². The number of imidazole rings is 1. The Bertz CT molecular complexity index is 1270. The van der Waals surface area contributed by atoms with Gasteiger partial charge in [-0.05, 0) is 48.9 Å². The summed E-state index contributed by atoms with van der Waals surface area (Å²) in [5.41, 5.74) is 5.78. The molecule has 0 saturated heterocycles. The van der Waals surface area contributed by atoms with Crippen molar-refractivity contribution in [2.24, 2.45) is 0 Å². The van der Waals surface area contributed by atoms with Crippen LogP contribution in [0, 0.1) is 5.82 Å². The number of hydrogen-bond donors (Lipinski definition) is 0. The third-order valence-electron chi connectivity index (χ3n) is 5.35. The lowest BCUT2D eigenvalue weighted by molar-refractivity contribution is -0.191. The molecule has 0 fully saturated rings. The Morgan fingerprint density at radius 1 is 1.03 bits per heavy atom. The van der Waals surface area contributed by atoms with Gasteiger partial charge >= 0.3 is 6.15 Å². The molecule has 34 heavy (non-hydrogen) atoms. The van der Waals surface area contributed by atoms with Crippen LogP contribution in [-0.4, -0.2) is 40.0 Å². The van der Waals surface area contributed by atoms with E-state index >= 15 is 0 Å². The zero-order valence-corrected chi connectivity index (χ0v) is 20.9. The maximum absolute atomic E-state index is 13.5. The second-order valence-corrected chi connectivity index (χ2v) is 14.7. The molecule has 0 radical (unpaired) electrons. The molecule has 3 aromatic heterocycles. The molecule has 0 spiro atoms. The molecule has 3 heterocycles. The Kier molecular flexibility index (Phi) is 8.28. The molecule has 9 heteroatoms. The van der Waals surface area contributed by atoms with E-state index in [0.717, 1.165) is 52.8 Å². The molecule has 0 aliphatic carbocycles. The van der Waals surface area contributed by atoms with Crippen molar-refractivity contribution in [3.8, 4) is 22.4 Å². The largest absolute Gasteiger partial charge is 0.373 e. The second-order valence-electron chi connectivity index (χ2n) is 9.12. The lowest BCUT2D eigenvalue weighted by atomic mass is 10.0. The zero-order valence-electron chi connectivity index (χ0n) is 19.9. The molecule has 178 valence electrons. The van der Waals surface area contributed by atoms with Crippen LogP contribution >= 0.6 is 0 Å². The minimum Gasteiger partial charge on any atom is -0.360 e. The van der Waals surface area contributed by atoms with Gasteiger partial charge in [0.15, 0.2) is 0 Å². The van der Waals surface area contributed by atoms with E-state index in [-0.39, 0.29) is 12.0 Å². The summed E-state index contributed by atoms with van der Waals surface area (Å²) in [5, 5.41) is 4.79. The van der Waals surface area contributed by atoms with Gasteiger partial charge in [-0.15, -0.1) is 0 Å². The Hall–Kier alpha value is -3.39. The van der Waals surface area contributed by atoms with E-state index in [1.807, 2.05) is 23.1 Å². The maximum atomic E-state index is 13.5. The first-order chi connectivity index (χ1) is 16.3.